The minimum atomic E-state index is -0.601. The lowest BCUT2D eigenvalue weighted by Gasteiger charge is -2.26. The number of nitrogens with zero attached hydrogens (tertiary/aromatic N) is 3. The van der Waals surface area contributed by atoms with Crippen LogP contribution in [0.3, 0.4) is 0 Å². The standard InChI is InChI=1S/C17H23N3O5/c1-17(2,3)25-16(22)19-9-11-7-18(8-12(11)10-19)13-4-5-14(20(23)24)15(21)6-13/h4-6,11-12,21H,7-10H2,1-3H3/t11-,12+. The van der Waals surface area contributed by atoms with Crippen molar-refractivity contribution in [2.24, 2.45) is 11.8 Å². The first kappa shape index (κ1) is 17.3. The first-order chi connectivity index (χ1) is 11.6. The van der Waals surface area contributed by atoms with E-state index in [1.54, 1.807) is 11.0 Å². The number of phenols is 1. The third-order valence-corrected chi connectivity index (χ3v) is 4.66. The molecule has 136 valence electrons. The van der Waals surface area contributed by atoms with Gasteiger partial charge in [0.05, 0.1) is 4.92 Å². The lowest BCUT2D eigenvalue weighted by Crippen LogP contribution is -2.37. The van der Waals surface area contributed by atoms with Crippen LogP contribution in [0.2, 0.25) is 0 Å². The Bertz CT molecular complexity index is 686. The molecule has 3 rings (SSSR count). The molecule has 0 spiro atoms. The SMILES string of the molecule is CC(C)(C)OC(=O)N1C[C@@H]2CN(c3ccc([N+](=O)[O-])c(O)c3)C[C@@H]2C1. The molecule has 2 aliphatic rings. The van der Waals surface area contributed by atoms with Crippen molar-refractivity contribution in [3.63, 3.8) is 0 Å². The van der Waals surface area contributed by atoms with Gasteiger partial charge in [0.25, 0.3) is 0 Å². The molecule has 8 nitrogen and oxygen atoms in total. The molecule has 1 amide bonds. The number of hydrogen-bond acceptors (Lipinski definition) is 6. The van der Waals surface area contributed by atoms with Gasteiger partial charge in [-0.2, -0.15) is 0 Å². The van der Waals surface area contributed by atoms with Gasteiger partial charge in [-0.3, -0.25) is 10.1 Å². The maximum absolute atomic E-state index is 12.2. The molecule has 1 N–H and O–H groups in total. The molecule has 0 aromatic heterocycles. The predicted octanol–water partition coefficient (Wildman–Crippen LogP) is 2.60. The highest BCUT2D eigenvalue weighted by Gasteiger charge is 2.42. The number of phenolic OH excluding ortho intramolecular Hbond substituents is 1. The average molecular weight is 349 g/mol. The zero-order valence-electron chi connectivity index (χ0n) is 14.6. The van der Waals surface area contributed by atoms with Gasteiger partial charge in [0.15, 0.2) is 5.75 Å². The summed E-state index contributed by atoms with van der Waals surface area (Å²) in [7, 11) is 0. The number of aromatic hydroxyl groups is 1. The molecular weight excluding hydrogens is 326 g/mol. The number of carbonyl (C=O) groups excluding carboxylic acids is 1. The van der Waals surface area contributed by atoms with E-state index in [0.29, 0.717) is 24.9 Å². The predicted molar refractivity (Wildman–Crippen MR) is 91.8 cm³/mol. The summed E-state index contributed by atoms with van der Waals surface area (Å²) in [6.07, 6.45) is -0.276. The first-order valence-electron chi connectivity index (χ1n) is 8.34. The first-order valence-corrected chi connectivity index (χ1v) is 8.34. The largest absolute Gasteiger partial charge is 0.502 e. The molecule has 0 saturated carbocycles. The third-order valence-electron chi connectivity index (χ3n) is 4.66. The van der Waals surface area contributed by atoms with Gasteiger partial charge in [-0.05, 0) is 26.8 Å². The molecule has 1 aromatic carbocycles. The van der Waals surface area contributed by atoms with Crippen molar-refractivity contribution in [2.75, 3.05) is 31.1 Å². The summed E-state index contributed by atoms with van der Waals surface area (Å²) in [5, 5.41) is 20.6. The summed E-state index contributed by atoms with van der Waals surface area (Å²) < 4.78 is 5.43. The molecule has 2 aliphatic heterocycles. The number of nitro groups is 1. The van der Waals surface area contributed by atoms with Gasteiger partial charge in [-0.15, -0.1) is 0 Å². The highest BCUT2D eigenvalue weighted by atomic mass is 16.6. The molecular formula is C17H23N3O5. The Morgan fingerprint density at radius 1 is 1.24 bits per heavy atom. The van der Waals surface area contributed by atoms with Crippen LogP contribution in [-0.4, -0.2) is 52.8 Å². The summed E-state index contributed by atoms with van der Waals surface area (Å²) in [6.45, 7) is 8.35. The van der Waals surface area contributed by atoms with E-state index in [-0.39, 0.29) is 17.5 Å². The van der Waals surface area contributed by atoms with E-state index in [1.807, 2.05) is 20.8 Å². The van der Waals surface area contributed by atoms with Gasteiger partial charge < -0.3 is 19.6 Å². The number of fused-ring (bicyclic) bond motifs is 1. The Morgan fingerprint density at radius 3 is 2.32 bits per heavy atom. The third kappa shape index (κ3) is 3.62. The topological polar surface area (TPSA) is 96.2 Å². The fourth-order valence-corrected chi connectivity index (χ4v) is 3.54. The number of nitro benzene ring substituents is 1. The van der Waals surface area contributed by atoms with Crippen LogP contribution in [0.1, 0.15) is 20.8 Å². The smallest absolute Gasteiger partial charge is 0.410 e. The Hall–Kier alpha value is -2.51. The van der Waals surface area contributed by atoms with Gasteiger partial charge in [0, 0.05) is 55.8 Å². The quantitative estimate of drug-likeness (QED) is 0.651. The zero-order valence-corrected chi connectivity index (χ0v) is 14.6. The molecule has 25 heavy (non-hydrogen) atoms. The number of rotatable bonds is 2. The molecule has 1 aromatic rings. The van der Waals surface area contributed by atoms with E-state index < -0.39 is 10.5 Å². The molecule has 2 saturated heterocycles. The van der Waals surface area contributed by atoms with Crippen molar-refractivity contribution in [2.45, 2.75) is 26.4 Å². The molecule has 0 unspecified atom stereocenters. The normalized spacial score (nSPS) is 22.8. The van der Waals surface area contributed by atoms with Gasteiger partial charge in [0.2, 0.25) is 0 Å². The van der Waals surface area contributed by atoms with E-state index in [1.165, 1.54) is 12.1 Å². The van der Waals surface area contributed by atoms with Crippen LogP contribution in [0.4, 0.5) is 16.2 Å². The fourth-order valence-electron chi connectivity index (χ4n) is 3.54. The minimum Gasteiger partial charge on any atom is -0.502 e. The van der Waals surface area contributed by atoms with Crippen molar-refractivity contribution in [1.29, 1.82) is 0 Å². The summed E-state index contributed by atoms with van der Waals surface area (Å²) in [4.78, 5) is 26.2. The van der Waals surface area contributed by atoms with E-state index in [4.69, 9.17) is 4.74 Å². The van der Waals surface area contributed by atoms with Gasteiger partial charge in [0.1, 0.15) is 5.60 Å². The Balaban J connectivity index is 1.63. The maximum Gasteiger partial charge on any atom is 0.410 e. The molecule has 0 bridgehead atoms. The van der Waals surface area contributed by atoms with Crippen LogP contribution in [0.5, 0.6) is 5.75 Å². The monoisotopic (exact) mass is 349 g/mol. The van der Waals surface area contributed by atoms with Gasteiger partial charge in [-0.25, -0.2) is 4.79 Å². The summed E-state index contributed by atoms with van der Waals surface area (Å²) in [6, 6.07) is 4.42. The second-order valence-electron chi connectivity index (χ2n) is 7.74. The molecule has 2 atom stereocenters. The minimum absolute atomic E-state index is 0.276. The van der Waals surface area contributed by atoms with Crippen LogP contribution in [0.15, 0.2) is 18.2 Å². The van der Waals surface area contributed by atoms with Crippen LogP contribution in [0.25, 0.3) is 0 Å². The maximum atomic E-state index is 12.2. The lowest BCUT2D eigenvalue weighted by molar-refractivity contribution is -0.385. The Labute approximate surface area is 146 Å². The molecule has 0 radical (unpaired) electrons. The number of likely N-dealkylation sites (tertiary alicyclic amines) is 1. The van der Waals surface area contributed by atoms with Gasteiger partial charge in [-0.1, -0.05) is 0 Å². The molecule has 0 aliphatic carbocycles. The van der Waals surface area contributed by atoms with E-state index in [9.17, 15) is 20.0 Å². The van der Waals surface area contributed by atoms with Gasteiger partial charge >= 0.3 is 11.8 Å². The Morgan fingerprint density at radius 2 is 1.84 bits per heavy atom. The fraction of sp³-hybridized carbons (Fsp3) is 0.588. The highest BCUT2D eigenvalue weighted by molar-refractivity contribution is 5.69. The lowest BCUT2D eigenvalue weighted by atomic mass is 10.0. The number of hydrogen-bond donors (Lipinski definition) is 1. The van der Waals surface area contributed by atoms with E-state index in [0.717, 1.165) is 18.8 Å². The summed E-state index contributed by atoms with van der Waals surface area (Å²) in [5.74, 6) is 0.352. The highest BCUT2D eigenvalue weighted by Crippen LogP contribution is 2.37. The van der Waals surface area contributed by atoms with Crippen molar-refractivity contribution in [3.05, 3.63) is 28.3 Å². The van der Waals surface area contributed by atoms with Crippen LogP contribution in [0, 0.1) is 22.0 Å². The van der Waals surface area contributed by atoms with E-state index in [2.05, 4.69) is 4.90 Å². The number of ether oxygens (including phenoxy) is 1. The Kier molecular flexibility index (Phi) is 4.22. The summed E-state index contributed by atoms with van der Waals surface area (Å²) >= 11 is 0. The van der Waals surface area contributed by atoms with Crippen molar-refractivity contribution in [3.8, 4) is 5.75 Å². The number of carbonyl (C=O) groups is 1. The van der Waals surface area contributed by atoms with Crippen LogP contribution in [-0.2, 0) is 4.74 Å². The van der Waals surface area contributed by atoms with Crippen molar-refractivity contribution < 1.29 is 19.6 Å². The van der Waals surface area contributed by atoms with Crippen LogP contribution >= 0.6 is 0 Å². The van der Waals surface area contributed by atoms with Crippen molar-refractivity contribution in [1.82, 2.24) is 4.90 Å². The number of amides is 1. The molecule has 8 heteroatoms. The second-order valence-corrected chi connectivity index (χ2v) is 7.74. The van der Waals surface area contributed by atoms with E-state index >= 15 is 0 Å². The number of benzene rings is 1. The zero-order chi connectivity index (χ0) is 18.4. The summed E-state index contributed by atoms with van der Waals surface area (Å²) in [5.41, 5.74) is -0.0301. The van der Waals surface area contributed by atoms with Crippen LogP contribution < -0.4 is 4.90 Å². The second kappa shape index (κ2) is 6.09. The number of anilines is 1. The van der Waals surface area contributed by atoms with Crippen molar-refractivity contribution >= 4 is 17.5 Å². The average Bonchev–Trinajstić information content (AvgIpc) is 3.03. The molecule has 2 heterocycles. The molecule has 2 fully saturated rings.